The van der Waals surface area contributed by atoms with E-state index >= 15 is 0 Å². The average molecular weight is 407 g/mol. The summed E-state index contributed by atoms with van der Waals surface area (Å²) < 4.78 is 0. The molecule has 0 aliphatic rings. The zero-order valence-electron chi connectivity index (χ0n) is 19.7. The zero-order valence-corrected chi connectivity index (χ0v) is 19.7. The van der Waals surface area contributed by atoms with Crippen LogP contribution < -0.4 is 0 Å². The lowest BCUT2D eigenvalue weighted by molar-refractivity contribution is 0.465. The van der Waals surface area contributed by atoms with Crippen LogP contribution in [0.1, 0.15) is 50.1 Å². The van der Waals surface area contributed by atoms with E-state index in [-0.39, 0.29) is 0 Å². The summed E-state index contributed by atoms with van der Waals surface area (Å²) in [4.78, 5) is 0. The molecule has 0 spiro atoms. The van der Waals surface area contributed by atoms with Crippen molar-refractivity contribution >= 4 is 0 Å². The highest BCUT2D eigenvalue weighted by Gasteiger charge is 2.15. The van der Waals surface area contributed by atoms with Crippen molar-refractivity contribution in [3.63, 3.8) is 0 Å². The van der Waals surface area contributed by atoms with E-state index in [0.717, 1.165) is 61.2 Å². The number of hydrogen-bond acceptors (Lipinski definition) is 3. The van der Waals surface area contributed by atoms with Gasteiger partial charge in [-0.15, -0.1) is 0 Å². The summed E-state index contributed by atoms with van der Waals surface area (Å²) in [6.45, 7) is 17.6. The van der Waals surface area contributed by atoms with Gasteiger partial charge in [0.05, 0.1) is 0 Å². The smallest absolute Gasteiger partial charge is 0.121 e. The predicted molar refractivity (Wildman–Crippen MR) is 126 cm³/mol. The minimum absolute atomic E-state index is 0.371. The SMILES string of the molecule is Cc1cc(-c2cc(C)c(O)c(C)c2C)c(C)c(C)c1O.Cc1ccc(C)c(O)c1C. The van der Waals surface area contributed by atoms with E-state index in [1.807, 2.05) is 86.6 Å². The lowest BCUT2D eigenvalue weighted by atomic mass is 9.88. The summed E-state index contributed by atoms with van der Waals surface area (Å²) in [6, 6.07) is 7.99. The minimum Gasteiger partial charge on any atom is -0.507 e. The first-order chi connectivity index (χ1) is 13.9. The van der Waals surface area contributed by atoms with Gasteiger partial charge in [-0.05, 0) is 136 Å². The lowest BCUT2D eigenvalue weighted by Gasteiger charge is -2.18. The fraction of sp³-hybridized carbons (Fsp3) is 0.333. The van der Waals surface area contributed by atoms with Crippen LogP contribution in [0, 0.1) is 62.3 Å². The van der Waals surface area contributed by atoms with Crippen molar-refractivity contribution in [1.29, 1.82) is 0 Å². The Morgan fingerprint density at radius 2 is 0.733 bits per heavy atom. The number of aryl methyl sites for hydroxylation is 4. The first-order valence-corrected chi connectivity index (χ1v) is 10.2. The van der Waals surface area contributed by atoms with Crippen molar-refractivity contribution in [3.8, 4) is 28.4 Å². The Bertz CT molecular complexity index is 1020. The van der Waals surface area contributed by atoms with Crippen molar-refractivity contribution in [1.82, 2.24) is 0 Å². The highest BCUT2D eigenvalue weighted by molar-refractivity contribution is 5.76. The molecule has 0 fully saturated rings. The van der Waals surface area contributed by atoms with Crippen LogP contribution in [-0.4, -0.2) is 15.3 Å². The topological polar surface area (TPSA) is 60.7 Å². The molecule has 0 aliphatic carbocycles. The summed E-state index contributed by atoms with van der Waals surface area (Å²) in [5, 5.41) is 29.5. The number of aromatic hydroxyl groups is 3. The third kappa shape index (κ3) is 4.30. The van der Waals surface area contributed by atoms with E-state index in [1.165, 1.54) is 0 Å². The maximum absolute atomic E-state index is 10.0. The summed E-state index contributed by atoms with van der Waals surface area (Å²) in [6.07, 6.45) is 0. The van der Waals surface area contributed by atoms with E-state index < -0.39 is 0 Å². The maximum atomic E-state index is 10.0. The van der Waals surface area contributed by atoms with Gasteiger partial charge in [0, 0.05) is 0 Å². The third-order valence-corrected chi connectivity index (χ3v) is 6.31. The molecule has 0 unspecified atom stereocenters. The number of hydrogen-bond donors (Lipinski definition) is 3. The molecule has 0 aromatic heterocycles. The van der Waals surface area contributed by atoms with Gasteiger partial charge >= 0.3 is 0 Å². The van der Waals surface area contributed by atoms with Crippen LogP contribution in [0.4, 0.5) is 0 Å². The van der Waals surface area contributed by atoms with E-state index in [9.17, 15) is 15.3 Å². The van der Waals surface area contributed by atoms with Crippen molar-refractivity contribution < 1.29 is 15.3 Å². The van der Waals surface area contributed by atoms with E-state index in [4.69, 9.17) is 0 Å². The molecule has 0 atom stereocenters. The molecule has 0 aliphatic heterocycles. The molecule has 3 nitrogen and oxygen atoms in total. The molecular weight excluding hydrogens is 372 g/mol. The Balaban J connectivity index is 0.000000269. The normalized spacial score (nSPS) is 10.6. The van der Waals surface area contributed by atoms with Gasteiger partial charge in [-0.3, -0.25) is 0 Å². The molecule has 0 saturated heterocycles. The van der Waals surface area contributed by atoms with Crippen molar-refractivity contribution in [2.75, 3.05) is 0 Å². The Morgan fingerprint density at radius 3 is 1.10 bits per heavy atom. The quantitative estimate of drug-likeness (QED) is 0.410. The molecular formula is C27H34O3. The number of benzene rings is 3. The van der Waals surface area contributed by atoms with Crippen LogP contribution in [0.15, 0.2) is 24.3 Å². The van der Waals surface area contributed by atoms with E-state index in [2.05, 4.69) is 0 Å². The van der Waals surface area contributed by atoms with E-state index in [0.29, 0.717) is 17.2 Å². The molecule has 3 aromatic carbocycles. The second-order valence-corrected chi connectivity index (χ2v) is 8.35. The van der Waals surface area contributed by atoms with Crippen LogP contribution in [0.2, 0.25) is 0 Å². The molecule has 3 N–H and O–H groups in total. The van der Waals surface area contributed by atoms with Gasteiger partial charge in [-0.2, -0.15) is 0 Å². The fourth-order valence-corrected chi connectivity index (χ4v) is 3.63. The lowest BCUT2D eigenvalue weighted by Crippen LogP contribution is -1.96. The number of phenolic OH excluding ortho intramolecular Hbond substituents is 3. The first-order valence-electron chi connectivity index (χ1n) is 10.2. The van der Waals surface area contributed by atoms with Gasteiger partial charge < -0.3 is 15.3 Å². The number of rotatable bonds is 1. The van der Waals surface area contributed by atoms with Gasteiger partial charge in [0.15, 0.2) is 0 Å². The summed E-state index contributed by atoms with van der Waals surface area (Å²) in [5.41, 5.74) is 11.1. The Morgan fingerprint density at radius 1 is 0.400 bits per heavy atom. The second-order valence-electron chi connectivity index (χ2n) is 8.35. The molecule has 3 rings (SSSR count). The highest BCUT2D eigenvalue weighted by atomic mass is 16.3. The van der Waals surface area contributed by atoms with Crippen LogP contribution >= 0.6 is 0 Å². The van der Waals surface area contributed by atoms with Gasteiger partial charge in [0.1, 0.15) is 17.2 Å². The van der Waals surface area contributed by atoms with Crippen LogP contribution in [-0.2, 0) is 0 Å². The van der Waals surface area contributed by atoms with Gasteiger partial charge in [-0.1, -0.05) is 12.1 Å². The molecule has 3 aromatic rings. The van der Waals surface area contributed by atoms with Crippen LogP contribution in [0.3, 0.4) is 0 Å². The predicted octanol–water partition coefficient (Wildman–Crippen LogP) is 6.93. The molecule has 0 radical (unpaired) electrons. The summed E-state index contributed by atoms with van der Waals surface area (Å²) in [7, 11) is 0. The third-order valence-electron chi connectivity index (χ3n) is 6.31. The first kappa shape index (κ1) is 23.3. The van der Waals surface area contributed by atoms with Crippen LogP contribution in [0.25, 0.3) is 11.1 Å². The monoisotopic (exact) mass is 406 g/mol. The second kappa shape index (κ2) is 8.83. The number of phenols is 3. The zero-order chi connectivity index (χ0) is 22.9. The van der Waals surface area contributed by atoms with Crippen molar-refractivity contribution in [3.05, 3.63) is 74.3 Å². The standard InChI is InChI=1S/C18H22O2.C9H12O/c1-9-7-15(11(3)13(5)17(9)19)16-8-10(2)18(20)14(6)12(16)4;1-6-4-5-7(2)9(10)8(6)3/h7-8,19-20H,1-6H3;4-5,10H,1-3H3. The van der Waals surface area contributed by atoms with Gasteiger partial charge in [0.25, 0.3) is 0 Å². The highest BCUT2D eigenvalue weighted by Crippen LogP contribution is 2.38. The average Bonchev–Trinajstić information content (AvgIpc) is 2.72. The fourth-order valence-electron chi connectivity index (χ4n) is 3.63. The van der Waals surface area contributed by atoms with Crippen LogP contribution in [0.5, 0.6) is 17.2 Å². The summed E-state index contributed by atoms with van der Waals surface area (Å²) >= 11 is 0. The van der Waals surface area contributed by atoms with Gasteiger partial charge in [0.2, 0.25) is 0 Å². The summed E-state index contributed by atoms with van der Waals surface area (Å²) in [5.74, 6) is 1.17. The maximum Gasteiger partial charge on any atom is 0.121 e. The Labute approximate surface area is 180 Å². The van der Waals surface area contributed by atoms with E-state index in [1.54, 1.807) is 0 Å². The Hall–Kier alpha value is -2.94. The molecule has 160 valence electrons. The molecule has 0 heterocycles. The van der Waals surface area contributed by atoms with Crippen molar-refractivity contribution in [2.45, 2.75) is 62.3 Å². The molecule has 0 bridgehead atoms. The molecule has 30 heavy (non-hydrogen) atoms. The van der Waals surface area contributed by atoms with Gasteiger partial charge in [-0.25, -0.2) is 0 Å². The minimum atomic E-state index is 0.371. The molecule has 0 saturated carbocycles. The largest absolute Gasteiger partial charge is 0.507 e. The molecule has 0 amide bonds. The Kier molecular flexibility index (Phi) is 6.87. The molecule has 3 heteroatoms. The van der Waals surface area contributed by atoms with Crippen molar-refractivity contribution in [2.24, 2.45) is 0 Å².